The molecule has 0 radical (unpaired) electrons. The maximum absolute atomic E-state index is 14.1. The van der Waals surface area contributed by atoms with Gasteiger partial charge < -0.3 is 19.9 Å². The van der Waals surface area contributed by atoms with Crippen molar-refractivity contribution in [1.29, 1.82) is 0 Å². The Bertz CT molecular complexity index is 843. The second-order valence-electron chi connectivity index (χ2n) is 5.88. The average molecular weight is 379 g/mol. The lowest BCUT2D eigenvalue weighted by atomic mass is 9.91. The number of aliphatic carboxylic acids is 1. The Kier molecular flexibility index (Phi) is 6.46. The van der Waals surface area contributed by atoms with Crippen LogP contribution in [0.25, 0.3) is 0 Å². The summed E-state index contributed by atoms with van der Waals surface area (Å²) in [6.07, 6.45) is 0. The molecule has 2 aromatic carbocycles. The Morgan fingerprint density at radius 2 is 1.89 bits per heavy atom. The summed E-state index contributed by atoms with van der Waals surface area (Å²) in [5.74, 6) is -3.69. The molecule has 2 rings (SSSR count). The van der Waals surface area contributed by atoms with Gasteiger partial charge in [0.1, 0.15) is 24.0 Å². The largest absolute Gasteiger partial charge is 0.491 e. The molecule has 0 bridgehead atoms. The molecule has 1 atom stereocenters. The molecule has 0 fully saturated rings. The van der Waals surface area contributed by atoms with Gasteiger partial charge in [0.25, 0.3) is 5.91 Å². The number of carbonyl (C=O) groups is 2. The first kappa shape index (κ1) is 20.3. The van der Waals surface area contributed by atoms with E-state index in [4.69, 9.17) is 9.47 Å². The maximum Gasteiger partial charge on any atom is 0.333 e. The smallest absolute Gasteiger partial charge is 0.333 e. The Balaban J connectivity index is 2.29. The molecule has 0 heterocycles. The summed E-state index contributed by atoms with van der Waals surface area (Å²) in [6.45, 7) is 1.71. The first-order chi connectivity index (χ1) is 12.8. The highest BCUT2D eigenvalue weighted by Gasteiger charge is 2.39. The van der Waals surface area contributed by atoms with E-state index in [1.807, 2.05) is 0 Å². The van der Waals surface area contributed by atoms with Crippen LogP contribution in [0.2, 0.25) is 0 Å². The van der Waals surface area contributed by atoms with Crippen molar-refractivity contribution in [3.63, 3.8) is 0 Å². The van der Waals surface area contributed by atoms with Gasteiger partial charge in [0.2, 0.25) is 0 Å². The van der Waals surface area contributed by atoms with E-state index in [0.29, 0.717) is 12.4 Å². The van der Waals surface area contributed by atoms with Crippen molar-refractivity contribution >= 4 is 11.9 Å². The monoisotopic (exact) mass is 379 g/mol. The van der Waals surface area contributed by atoms with Gasteiger partial charge in [-0.3, -0.25) is 4.79 Å². The second kappa shape index (κ2) is 8.59. The highest BCUT2D eigenvalue weighted by Crippen LogP contribution is 2.26. The summed E-state index contributed by atoms with van der Waals surface area (Å²) < 4.78 is 37.9. The van der Waals surface area contributed by atoms with Crippen LogP contribution in [0.4, 0.5) is 8.78 Å². The molecular formula is C19H19F2NO5. The zero-order valence-corrected chi connectivity index (χ0v) is 14.8. The van der Waals surface area contributed by atoms with Crippen LogP contribution in [0.3, 0.4) is 0 Å². The molecule has 2 N–H and O–H groups in total. The lowest BCUT2D eigenvalue weighted by Gasteiger charge is -2.27. The summed E-state index contributed by atoms with van der Waals surface area (Å²) >= 11 is 0. The number of carboxylic acid groups (broad SMARTS) is 1. The van der Waals surface area contributed by atoms with E-state index < -0.39 is 34.6 Å². The van der Waals surface area contributed by atoms with E-state index in [0.717, 1.165) is 25.1 Å². The van der Waals surface area contributed by atoms with Crippen LogP contribution in [-0.4, -0.2) is 37.3 Å². The Hall–Kier alpha value is -3.00. The molecule has 1 amide bonds. The maximum atomic E-state index is 14.1. The summed E-state index contributed by atoms with van der Waals surface area (Å²) in [4.78, 5) is 24.3. The molecule has 0 aromatic heterocycles. The average Bonchev–Trinajstić information content (AvgIpc) is 2.64. The van der Waals surface area contributed by atoms with Crippen molar-refractivity contribution in [2.24, 2.45) is 0 Å². The molecule has 0 aliphatic rings. The van der Waals surface area contributed by atoms with Crippen molar-refractivity contribution < 1.29 is 33.0 Å². The highest BCUT2D eigenvalue weighted by molar-refractivity contribution is 5.98. The number of benzene rings is 2. The summed E-state index contributed by atoms with van der Waals surface area (Å²) in [7, 11) is 1.52. The molecule has 27 heavy (non-hydrogen) atoms. The van der Waals surface area contributed by atoms with E-state index in [9.17, 15) is 23.5 Å². The zero-order chi connectivity index (χ0) is 20.0. The zero-order valence-electron chi connectivity index (χ0n) is 14.8. The van der Waals surface area contributed by atoms with Crippen LogP contribution >= 0.6 is 0 Å². The Labute approximate surface area is 154 Å². The number of hydrogen-bond acceptors (Lipinski definition) is 4. The quantitative estimate of drug-likeness (QED) is 0.689. The number of carbonyl (C=O) groups excluding carboxylic acids is 1. The molecule has 2 aromatic rings. The number of amides is 1. The number of halogens is 2. The third-order valence-electron chi connectivity index (χ3n) is 3.91. The molecule has 6 nitrogen and oxygen atoms in total. The van der Waals surface area contributed by atoms with Crippen molar-refractivity contribution in [1.82, 2.24) is 5.32 Å². The topological polar surface area (TPSA) is 84.9 Å². The van der Waals surface area contributed by atoms with Crippen LogP contribution in [0.1, 0.15) is 22.8 Å². The molecule has 144 valence electrons. The predicted molar refractivity (Wildman–Crippen MR) is 92.6 cm³/mol. The van der Waals surface area contributed by atoms with Crippen molar-refractivity contribution in [2.75, 3.05) is 20.3 Å². The minimum Gasteiger partial charge on any atom is -0.491 e. The summed E-state index contributed by atoms with van der Waals surface area (Å²) in [5, 5.41) is 11.8. The highest BCUT2D eigenvalue weighted by atomic mass is 19.1. The van der Waals surface area contributed by atoms with Gasteiger partial charge in [-0.1, -0.05) is 6.07 Å². The van der Waals surface area contributed by atoms with E-state index in [-0.39, 0.29) is 12.2 Å². The lowest BCUT2D eigenvalue weighted by molar-refractivity contribution is -0.144. The third-order valence-corrected chi connectivity index (χ3v) is 3.91. The number of methoxy groups -OCH3 is 1. The number of carboxylic acids is 1. The molecule has 0 unspecified atom stereocenters. The van der Waals surface area contributed by atoms with Crippen LogP contribution in [0.15, 0.2) is 42.5 Å². The fraction of sp³-hybridized carbons (Fsp3) is 0.263. The van der Waals surface area contributed by atoms with Crippen LogP contribution in [-0.2, 0) is 15.1 Å². The van der Waals surface area contributed by atoms with E-state index in [1.54, 1.807) is 12.1 Å². The normalized spacial score (nSPS) is 12.9. The van der Waals surface area contributed by atoms with Gasteiger partial charge in [0, 0.05) is 18.2 Å². The Morgan fingerprint density at radius 1 is 1.15 bits per heavy atom. The fourth-order valence-corrected chi connectivity index (χ4v) is 2.39. The van der Waals surface area contributed by atoms with Crippen molar-refractivity contribution in [2.45, 2.75) is 12.5 Å². The third kappa shape index (κ3) is 4.79. The van der Waals surface area contributed by atoms with Crippen molar-refractivity contribution in [3.05, 3.63) is 65.2 Å². The summed E-state index contributed by atoms with van der Waals surface area (Å²) in [5.41, 5.74) is -2.55. The second-order valence-corrected chi connectivity index (χ2v) is 5.88. The minimum absolute atomic E-state index is 0.106. The first-order valence-corrected chi connectivity index (χ1v) is 8.01. The molecular weight excluding hydrogens is 360 g/mol. The number of ether oxygens (including phenoxy) is 2. The number of rotatable bonds is 8. The van der Waals surface area contributed by atoms with Crippen LogP contribution < -0.4 is 10.1 Å². The molecule has 0 aliphatic heterocycles. The SMILES string of the molecule is COCCOc1cccc(C(=O)N[C@](C)(C(=O)O)c2cc(F)ccc2F)c1. The summed E-state index contributed by atoms with van der Waals surface area (Å²) in [6, 6.07) is 8.45. The number of nitrogens with one attached hydrogen (secondary N) is 1. The minimum atomic E-state index is -2.17. The van der Waals surface area contributed by atoms with Gasteiger partial charge in [-0.15, -0.1) is 0 Å². The van der Waals surface area contributed by atoms with E-state index in [1.165, 1.54) is 19.2 Å². The van der Waals surface area contributed by atoms with Gasteiger partial charge in [-0.2, -0.15) is 0 Å². The lowest BCUT2D eigenvalue weighted by Crippen LogP contribution is -2.50. The molecule has 0 aliphatic carbocycles. The molecule has 0 saturated carbocycles. The van der Waals surface area contributed by atoms with Gasteiger partial charge >= 0.3 is 5.97 Å². The fourth-order valence-electron chi connectivity index (χ4n) is 2.39. The molecule has 0 saturated heterocycles. The van der Waals surface area contributed by atoms with Gasteiger partial charge in [0.15, 0.2) is 5.54 Å². The van der Waals surface area contributed by atoms with Crippen molar-refractivity contribution in [3.8, 4) is 5.75 Å². The predicted octanol–water partition coefficient (Wildman–Crippen LogP) is 2.72. The van der Waals surface area contributed by atoms with E-state index in [2.05, 4.69) is 5.32 Å². The van der Waals surface area contributed by atoms with E-state index >= 15 is 0 Å². The standard InChI is InChI=1S/C19H19F2NO5/c1-19(18(24)25,15-11-13(20)6-7-16(15)21)22-17(23)12-4-3-5-14(10-12)27-9-8-26-2/h3-7,10-11H,8-9H2,1-2H3,(H,22,23)(H,24,25)/t19-/m0/s1. The van der Waals surface area contributed by atoms with Gasteiger partial charge in [-0.25, -0.2) is 13.6 Å². The van der Waals surface area contributed by atoms with Gasteiger partial charge in [-0.05, 0) is 43.3 Å². The van der Waals surface area contributed by atoms with Crippen LogP contribution in [0, 0.1) is 11.6 Å². The Morgan fingerprint density at radius 3 is 2.56 bits per heavy atom. The molecule has 0 spiro atoms. The van der Waals surface area contributed by atoms with Crippen LogP contribution in [0.5, 0.6) is 5.75 Å². The van der Waals surface area contributed by atoms with Gasteiger partial charge in [0.05, 0.1) is 6.61 Å². The first-order valence-electron chi connectivity index (χ1n) is 8.01. The molecule has 8 heteroatoms. The number of hydrogen-bond donors (Lipinski definition) is 2.